The van der Waals surface area contributed by atoms with Crippen molar-refractivity contribution in [3.05, 3.63) is 35.5 Å². The maximum absolute atomic E-state index is 12.4. The van der Waals surface area contributed by atoms with Crippen molar-refractivity contribution in [3.63, 3.8) is 0 Å². The number of carbonyl (C=O) groups is 2. The molecule has 3 rings (SSSR count). The van der Waals surface area contributed by atoms with E-state index in [1.165, 1.54) is 4.90 Å². The van der Waals surface area contributed by atoms with Crippen molar-refractivity contribution in [3.8, 4) is 17.1 Å². The number of hydrogen-bond donors (Lipinski definition) is 1. The summed E-state index contributed by atoms with van der Waals surface area (Å²) in [6, 6.07) is 7.24. The van der Waals surface area contributed by atoms with Crippen LogP contribution in [-0.2, 0) is 20.9 Å². The molecule has 1 N–H and O–H groups in total. The number of methoxy groups -OCH3 is 1. The van der Waals surface area contributed by atoms with Crippen LogP contribution in [0.25, 0.3) is 11.3 Å². The molecule has 9 nitrogen and oxygen atoms in total. The van der Waals surface area contributed by atoms with E-state index in [1.54, 1.807) is 21.1 Å². The van der Waals surface area contributed by atoms with Crippen molar-refractivity contribution in [2.45, 2.75) is 58.3 Å². The molecule has 0 spiro atoms. The van der Waals surface area contributed by atoms with Gasteiger partial charge < -0.3 is 28.7 Å². The molecule has 0 radical (unpaired) electrons. The lowest BCUT2D eigenvalue weighted by atomic mass is 9.87. The third-order valence-corrected chi connectivity index (χ3v) is 6.08. The van der Waals surface area contributed by atoms with Gasteiger partial charge in [0.2, 0.25) is 0 Å². The molecule has 0 bridgehead atoms. The molecular formula is C24H32N2O7. The highest BCUT2D eigenvalue weighted by atomic mass is 16.6. The molecule has 0 saturated heterocycles. The van der Waals surface area contributed by atoms with E-state index in [0.717, 1.165) is 18.4 Å². The lowest BCUT2D eigenvalue weighted by Crippen LogP contribution is -2.38. The van der Waals surface area contributed by atoms with Gasteiger partial charge in [-0.1, -0.05) is 5.16 Å². The summed E-state index contributed by atoms with van der Waals surface area (Å²) in [7, 11) is 3.25. The average Bonchev–Trinajstić information content (AvgIpc) is 3.18. The minimum atomic E-state index is -0.757. The fraction of sp³-hybridized carbons (Fsp3) is 0.542. The highest BCUT2D eigenvalue weighted by Gasteiger charge is 2.28. The zero-order valence-electron chi connectivity index (χ0n) is 19.6. The highest BCUT2D eigenvalue weighted by Crippen LogP contribution is 2.31. The van der Waals surface area contributed by atoms with Gasteiger partial charge in [0.25, 0.3) is 0 Å². The summed E-state index contributed by atoms with van der Waals surface area (Å²) in [6.07, 6.45) is 2.35. The van der Waals surface area contributed by atoms with Gasteiger partial charge in [-0.05, 0) is 63.8 Å². The van der Waals surface area contributed by atoms with Gasteiger partial charge in [-0.25, -0.2) is 4.79 Å². The van der Waals surface area contributed by atoms with Crippen LogP contribution in [0.5, 0.6) is 5.75 Å². The van der Waals surface area contributed by atoms with E-state index < -0.39 is 12.1 Å². The van der Waals surface area contributed by atoms with Gasteiger partial charge >= 0.3 is 12.1 Å². The van der Waals surface area contributed by atoms with E-state index in [2.05, 4.69) is 5.16 Å². The molecule has 0 aliphatic heterocycles. The minimum absolute atomic E-state index is 0.0322. The first-order valence-corrected chi connectivity index (χ1v) is 11.1. The van der Waals surface area contributed by atoms with Crippen LogP contribution in [0.15, 0.2) is 28.8 Å². The Kier molecular flexibility index (Phi) is 8.32. The number of aromatic nitrogens is 1. The molecule has 1 aromatic heterocycles. The summed E-state index contributed by atoms with van der Waals surface area (Å²) in [5.41, 5.74) is 2.12. The fourth-order valence-electron chi connectivity index (χ4n) is 3.91. The van der Waals surface area contributed by atoms with E-state index in [0.29, 0.717) is 42.2 Å². The van der Waals surface area contributed by atoms with Crippen LogP contribution in [-0.4, -0.2) is 60.1 Å². The second-order valence-corrected chi connectivity index (χ2v) is 8.51. The van der Waals surface area contributed by atoms with E-state index in [4.69, 9.17) is 18.7 Å². The van der Waals surface area contributed by atoms with Crippen LogP contribution in [0.3, 0.4) is 0 Å². The number of benzene rings is 1. The SMILES string of the molecule is COCC(C)N(C)C(=O)OCc1c(C)noc1-c1ccc(O[C@@H]2CCC[C@@H](C(=O)O)C2)cc1. The number of nitrogens with zero attached hydrogens (tertiary/aromatic N) is 2. The first-order chi connectivity index (χ1) is 15.8. The molecule has 1 aromatic carbocycles. The van der Waals surface area contributed by atoms with Crippen LogP contribution in [0.1, 0.15) is 43.9 Å². The van der Waals surface area contributed by atoms with Crippen LogP contribution in [0, 0.1) is 12.8 Å². The molecule has 1 saturated carbocycles. The van der Waals surface area contributed by atoms with E-state index >= 15 is 0 Å². The van der Waals surface area contributed by atoms with Crippen LogP contribution < -0.4 is 4.74 Å². The molecule has 180 valence electrons. The Morgan fingerprint density at radius 2 is 2.00 bits per heavy atom. The first-order valence-electron chi connectivity index (χ1n) is 11.1. The number of aryl methyl sites for hydroxylation is 1. The van der Waals surface area contributed by atoms with Crippen LogP contribution in [0.2, 0.25) is 0 Å². The van der Waals surface area contributed by atoms with Gasteiger partial charge in [0, 0.05) is 19.7 Å². The summed E-state index contributed by atoms with van der Waals surface area (Å²) in [4.78, 5) is 25.1. The maximum Gasteiger partial charge on any atom is 0.410 e. The van der Waals surface area contributed by atoms with Gasteiger partial charge in [-0.15, -0.1) is 0 Å². The topological polar surface area (TPSA) is 111 Å². The second-order valence-electron chi connectivity index (χ2n) is 8.51. The predicted molar refractivity (Wildman–Crippen MR) is 120 cm³/mol. The second kappa shape index (κ2) is 11.2. The van der Waals surface area contributed by atoms with Crippen molar-refractivity contribution in [1.29, 1.82) is 0 Å². The minimum Gasteiger partial charge on any atom is -0.490 e. The summed E-state index contributed by atoms with van der Waals surface area (Å²) < 4.78 is 22.1. The zero-order chi connectivity index (χ0) is 24.0. The fourth-order valence-corrected chi connectivity index (χ4v) is 3.91. The number of aliphatic carboxylic acids is 1. The summed E-state index contributed by atoms with van der Waals surface area (Å²) in [5, 5.41) is 13.3. The van der Waals surface area contributed by atoms with Gasteiger partial charge in [0.05, 0.1) is 35.9 Å². The average molecular weight is 461 g/mol. The van der Waals surface area contributed by atoms with Crippen LogP contribution >= 0.6 is 0 Å². The highest BCUT2D eigenvalue weighted by molar-refractivity contribution is 5.70. The van der Waals surface area contributed by atoms with Gasteiger partial charge in [0.15, 0.2) is 5.76 Å². The third kappa shape index (κ3) is 6.25. The normalized spacial score (nSPS) is 19.0. The molecule has 33 heavy (non-hydrogen) atoms. The van der Waals surface area contributed by atoms with Gasteiger partial charge in [-0.2, -0.15) is 0 Å². The number of carboxylic acid groups (broad SMARTS) is 1. The van der Waals surface area contributed by atoms with Crippen LogP contribution in [0.4, 0.5) is 4.79 Å². The molecule has 2 aromatic rings. The Hall–Kier alpha value is -3.07. The summed E-state index contributed by atoms with van der Waals surface area (Å²) in [5.74, 6) is 0.102. The van der Waals surface area contributed by atoms with Crippen molar-refractivity contribution in [2.75, 3.05) is 20.8 Å². The van der Waals surface area contributed by atoms with Crippen molar-refractivity contribution >= 4 is 12.1 Å². The molecule has 1 fully saturated rings. The number of carboxylic acids is 1. The molecule has 9 heteroatoms. The Balaban J connectivity index is 1.63. The van der Waals surface area contributed by atoms with Gasteiger partial charge in [0.1, 0.15) is 12.4 Å². The Morgan fingerprint density at radius 1 is 1.27 bits per heavy atom. The molecule has 1 aliphatic rings. The first kappa shape index (κ1) is 24.6. The standard InChI is InChI=1S/C24H32N2O7/c1-15(13-30-4)26(3)24(29)31-14-21-16(2)25-33-22(21)17-8-10-19(11-9-17)32-20-7-5-6-18(12-20)23(27)28/h8-11,15,18,20H,5-7,12-14H2,1-4H3,(H,27,28)/t15?,18-,20-/m1/s1. The smallest absolute Gasteiger partial charge is 0.410 e. The Morgan fingerprint density at radius 3 is 2.67 bits per heavy atom. The third-order valence-electron chi connectivity index (χ3n) is 6.08. The van der Waals surface area contributed by atoms with Crippen molar-refractivity contribution in [1.82, 2.24) is 10.1 Å². The summed E-state index contributed by atoms with van der Waals surface area (Å²) in [6.45, 7) is 4.12. The Labute approximate surface area is 193 Å². The lowest BCUT2D eigenvalue weighted by Gasteiger charge is -2.27. The lowest BCUT2D eigenvalue weighted by molar-refractivity contribution is -0.143. The summed E-state index contributed by atoms with van der Waals surface area (Å²) >= 11 is 0. The number of hydrogen-bond acceptors (Lipinski definition) is 7. The van der Waals surface area contributed by atoms with Gasteiger partial charge in [-0.3, -0.25) is 4.79 Å². The molecule has 1 aliphatic carbocycles. The molecule has 1 heterocycles. The maximum atomic E-state index is 12.4. The number of carbonyl (C=O) groups excluding carboxylic acids is 1. The van der Waals surface area contributed by atoms with E-state index in [9.17, 15) is 14.7 Å². The quantitative estimate of drug-likeness (QED) is 0.590. The number of amides is 1. The van der Waals surface area contributed by atoms with Crippen molar-refractivity contribution < 1.29 is 33.4 Å². The van der Waals surface area contributed by atoms with Crippen molar-refractivity contribution in [2.24, 2.45) is 5.92 Å². The number of likely N-dealkylation sites (N-methyl/N-ethyl adjacent to an activating group) is 1. The molecule has 1 unspecified atom stereocenters. The number of rotatable bonds is 9. The number of ether oxygens (including phenoxy) is 3. The Bertz CT molecular complexity index is 941. The largest absolute Gasteiger partial charge is 0.490 e. The monoisotopic (exact) mass is 460 g/mol. The predicted octanol–water partition coefficient (Wildman–Crippen LogP) is 4.28. The molecular weight excluding hydrogens is 428 g/mol. The molecule has 3 atom stereocenters. The molecule has 1 amide bonds. The van der Waals surface area contributed by atoms with E-state index in [1.807, 2.05) is 31.2 Å². The van der Waals surface area contributed by atoms with E-state index in [-0.39, 0.29) is 24.7 Å². The zero-order valence-corrected chi connectivity index (χ0v) is 19.6.